The summed E-state index contributed by atoms with van der Waals surface area (Å²) < 4.78 is 54.4. The molecule has 1 fully saturated rings. The van der Waals surface area contributed by atoms with Crippen LogP contribution in [0.4, 0.5) is 13.2 Å². The van der Waals surface area contributed by atoms with Crippen LogP contribution in [-0.4, -0.2) is 58.8 Å². The molecule has 3 heterocycles. The normalized spacial score (nSPS) is 14.4. The van der Waals surface area contributed by atoms with Crippen LogP contribution in [0, 0.1) is 6.92 Å². The van der Waals surface area contributed by atoms with Crippen LogP contribution in [0.1, 0.15) is 27.3 Å². The van der Waals surface area contributed by atoms with Gasteiger partial charge in [0.15, 0.2) is 0 Å². The predicted octanol–water partition coefficient (Wildman–Crippen LogP) is 3.80. The van der Waals surface area contributed by atoms with Gasteiger partial charge in [-0.2, -0.15) is 13.2 Å². The Morgan fingerprint density at radius 3 is 2.33 bits per heavy atom. The molecule has 1 aromatic carbocycles. The molecule has 0 saturated carbocycles. The zero-order valence-corrected chi connectivity index (χ0v) is 18.2. The van der Waals surface area contributed by atoms with Crippen molar-refractivity contribution in [2.75, 3.05) is 33.4 Å². The smallest absolute Gasteiger partial charge is 0.431 e. The number of hydrogen-bond acceptors (Lipinski definition) is 5. The summed E-state index contributed by atoms with van der Waals surface area (Å²) in [7, 11) is 1.39. The largest absolute Gasteiger partial charge is 0.467 e. The summed E-state index contributed by atoms with van der Waals surface area (Å²) in [5, 5.41) is 0. The minimum Gasteiger partial charge on any atom is -0.467 e. The molecule has 2 aromatic heterocycles. The maximum absolute atomic E-state index is 14.3. The molecule has 174 valence electrons. The Kier molecular flexibility index (Phi) is 6.37. The van der Waals surface area contributed by atoms with Crippen molar-refractivity contribution in [2.45, 2.75) is 19.6 Å². The van der Waals surface area contributed by atoms with Gasteiger partial charge in [-0.05, 0) is 18.1 Å². The Morgan fingerprint density at radius 2 is 1.76 bits per heavy atom. The van der Waals surface area contributed by atoms with E-state index in [0.29, 0.717) is 37.4 Å². The maximum Gasteiger partial charge on any atom is 0.431 e. The Hall–Kier alpha value is -3.40. The highest BCUT2D eigenvalue weighted by atomic mass is 19.4. The van der Waals surface area contributed by atoms with Crippen LogP contribution in [0.5, 0.6) is 6.01 Å². The number of amides is 1. The molecule has 4 rings (SSSR count). The average Bonchev–Trinajstić information content (AvgIpc) is 3.11. The molecule has 33 heavy (non-hydrogen) atoms. The topological polar surface area (TPSA) is 69.5 Å². The molecule has 0 N–H and O–H groups in total. The van der Waals surface area contributed by atoms with Crippen LogP contribution in [-0.2, 0) is 17.5 Å². The van der Waals surface area contributed by atoms with Crippen molar-refractivity contribution in [3.63, 3.8) is 0 Å². The number of carbonyl (C=O) groups excluding carboxylic acids is 1. The lowest BCUT2D eigenvalue weighted by atomic mass is 10.0. The van der Waals surface area contributed by atoms with Crippen LogP contribution in [0.15, 0.2) is 42.7 Å². The van der Waals surface area contributed by atoms with Crippen LogP contribution in [0.3, 0.4) is 0 Å². The Labute approximate surface area is 188 Å². The molecule has 3 aromatic rings. The summed E-state index contributed by atoms with van der Waals surface area (Å²) in [6, 6.07) is 8.83. The quantitative estimate of drug-likeness (QED) is 0.579. The number of benzene rings is 1. The van der Waals surface area contributed by atoms with Gasteiger partial charge in [-0.1, -0.05) is 30.3 Å². The molecule has 0 spiro atoms. The van der Waals surface area contributed by atoms with E-state index in [-0.39, 0.29) is 29.4 Å². The lowest BCUT2D eigenvalue weighted by molar-refractivity contribution is -0.143. The summed E-state index contributed by atoms with van der Waals surface area (Å²) in [6.07, 6.45) is -1.93. The minimum absolute atomic E-state index is 0.0423. The first-order chi connectivity index (χ1) is 15.8. The van der Waals surface area contributed by atoms with Gasteiger partial charge in [0, 0.05) is 43.2 Å². The van der Waals surface area contributed by atoms with Gasteiger partial charge in [0.25, 0.3) is 5.91 Å². The van der Waals surface area contributed by atoms with E-state index in [1.165, 1.54) is 31.3 Å². The molecule has 1 saturated heterocycles. The van der Waals surface area contributed by atoms with E-state index in [1.54, 1.807) is 30.3 Å². The molecule has 0 atom stereocenters. The first kappa shape index (κ1) is 22.8. The van der Waals surface area contributed by atoms with E-state index < -0.39 is 17.8 Å². The van der Waals surface area contributed by atoms with E-state index in [0.717, 1.165) is 4.57 Å². The Morgan fingerprint density at radius 1 is 1.12 bits per heavy atom. The number of nitrogens with zero attached hydrogens (tertiary/aromatic N) is 4. The third-order valence-electron chi connectivity index (χ3n) is 5.56. The summed E-state index contributed by atoms with van der Waals surface area (Å²) in [5.41, 5.74) is 0.156. The van der Waals surface area contributed by atoms with Gasteiger partial charge in [-0.3, -0.25) is 4.79 Å². The molecule has 1 amide bonds. The molecule has 0 radical (unpaired) electrons. The third kappa shape index (κ3) is 4.56. The van der Waals surface area contributed by atoms with Gasteiger partial charge in [0.1, 0.15) is 11.4 Å². The summed E-state index contributed by atoms with van der Waals surface area (Å²) in [6.45, 7) is 2.52. The van der Waals surface area contributed by atoms with Crippen molar-refractivity contribution in [3.05, 3.63) is 65.2 Å². The van der Waals surface area contributed by atoms with E-state index in [2.05, 4.69) is 9.97 Å². The highest BCUT2D eigenvalue weighted by Gasteiger charge is 2.42. The van der Waals surface area contributed by atoms with Crippen molar-refractivity contribution >= 4 is 5.91 Å². The SMILES string of the molecule is COc1ncc(-c2c(C)c(C(F)(F)F)n(Cc3ccccc3)c2C(=O)N2CCOCC2)cn1. The molecule has 1 aliphatic rings. The fraction of sp³-hybridized carbons (Fsp3) is 0.348. The summed E-state index contributed by atoms with van der Waals surface area (Å²) >= 11 is 0. The predicted molar refractivity (Wildman–Crippen MR) is 114 cm³/mol. The third-order valence-corrected chi connectivity index (χ3v) is 5.56. The second-order valence-corrected chi connectivity index (χ2v) is 7.63. The van der Waals surface area contributed by atoms with E-state index >= 15 is 0 Å². The van der Waals surface area contributed by atoms with E-state index in [9.17, 15) is 18.0 Å². The van der Waals surface area contributed by atoms with E-state index in [1.807, 2.05) is 0 Å². The average molecular weight is 460 g/mol. The standard InChI is InChI=1S/C23H23F3N4O3/c1-15-18(17-12-27-22(32-2)28-13-17)19(21(31)29-8-10-33-11-9-29)30(20(15)23(24,25)26)14-16-6-4-3-5-7-16/h3-7,12-13H,8-11,14H2,1-2H3. The summed E-state index contributed by atoms with van der Waals surface area (Å²) in [5.74, 6) is -0.487. The number of halogens is 3. The molecular weight excluding hydrogens is 437 g/mol. The molecule has 7 nitrogen and oxygen atoms in total. The number of alkyl halides is 3. The number of methoxy groups -OCH3 is 1. The van der Waals surface area contributed by atoms with Crippen LogP contribution >= 0.6 is 0 Å². The highest BCUT2D eigenvalue weighted by molar-refractivity contribution is 6.01. The fourth-order valence-electron chi connectivity index (χ4n) is 4.08. The number of aromatic nitrogens is 3. The van der Waals surface area contributed by atoms with Gasteiger partial charge in [0.2, 0.25) is 0 Å². The van der Waals surface area contributed by atoms with Crippen LogP contribution in [0.2, 0.25) is 0 Å². The van der Waals surface area contributed by atoms with Gasteiger partial charge in [0.05, 0.1) is 20.3 Å². The molecule has 0 unspecified atom stereocenters. The maximum atomic E-state index is 14.3. The van der Waals surface area contributed by atoms with Crippen molar-refractivity contribution in [3.8, 4) is 17.1 Å². The van der Waals surface area contributed by atoms with E-state index in [4.69, 9.17) is 9.47 Å². The zero-order chi connectivity index (χ0) is 23.6. The number of rotatable bonds is 5. The first-order valence-electron chi connectivity index (χ1n) is 10.4. The molecule has 0 bridgehead atoms. The lowest BCUT2D eigenvalue weighted by Gasteiger charge is -2.28. The zero-order valence-electron chi connectivity index (χ0n) is 18.2. The lowest BCUT2D eigenvalue weighted by Crippen LogP contribution is -2.41. The minimum atomic E-state index is -4.68. The molecule has 10 heteroatoms. The monoisotopic (exact) mass is 460 g/mol. The Balaban J connectivity index is 1.96. The van der Waals surface area contributed by atoms with Gasteiger partial charge in [-0.25, -0.2) is 9.97 Å². The second-order valence-electron chi connectivity index (χ2n) is 7.63. The van der Waals surface area contributed by atoms with Gasteiger partial charge >= 0.3 is 12.2 Å². The van der Waals surface area contributed by atoms with Crippen molar-refractivity contribution in [1.82, 2.24) is 19.4 Å². The number of carbonyl (C=O) groups is 1. The van der Waals surface area contributed by atoms with Crippen molar-refractivity contribution in [1.29, 1.82) is 0 Å². The first-order valence-corrected chi connectivity index (χ1v) is 10.4. The molecule has 0 aliphatic carbocycles. The van der Waals surface area contributed by atoms with Gasteiger partial charge in [-0.15, -0.1) is 0 Å². The number of morpholine rings is 1. The van der Waals surface area contributed by atoms with Gasteiger partial charge < -0.3 is 18.9 Å². The molecular formula is C23H23F3N4O3. The van der Waals surface area contributed by atoms with Crippen LogP contribution < -0.4 is 4.74 Å². The molecule has 1 aliphatic heterocycles. The fourth-order valence-corrected chi connectivity index (χ4v) is 4.08. The second kappa shape index (κ2) is 9.22. The van der Waals surface area contributed by atoms with Crippen molar-refractivity contribution in [2.24, 2.45) is 0 Å². The highest BCUT2D eigenvalue weighted by Crippen LogP contribution is 2.41. The summed E-state index contributed by atoms with van der Waals surface area (Å²) in [4.78, 5) is 23.2. The van der Waals surface area contributed by atoms with Crippen molar-refractivity contribution < 1.29 is 27.4 Å². The van der Waals surface area contributed by atoms with Crippen LogP contribution in [0.25, 0.3) is 11.1 Å². The Bertz CT molecular complexity index is 1120. The number of ether oxygens (including phenoxy) is 2. The number of hydrogen-bond donors (Lipinski definition) is 0.